The molecule has 0 bridgehead atoms. The first-order valence-electron chi connectivity index (χ1n) is 5.71. The molecule has 0 spiro atoms. The summed E-state index contributed by atoms with van der Waals surface area (Å²) < 4.78 is 5.64. The molecular formula is C13H13Cl2NOS. The van der Waals surface area contributed by atoms with Crippen molar-refractivity contribution in [2.45, 2.75) is 25.6 Å². The lowest BCUT2D eigenvalue weighted by Gasteiger charge is -2.03. The Balaban J connectivity index is 2.08. The Morgan fingerprint density at radius 1 is 1.28 bits per heavy atom. The van der Waals surface area contributed by atoms with Crippen molar-refractivity contribution in [2.24, 2.45) is 0 Å². The van der Waals surface area contributed by atoms with Gasteiger partial charge >= 0.3 is 0 Å². The maximum absolute atomic E-state index is 5.91. The van der Waals surface area contributed by atoms with Crippen molar-refractivity contribution in [1.29, 1.82) is 0 Å². The highest BCUT2D eigenvalue weighted by Crippen LogP contribution is 2.32. The van der Waals surface area contributed by atoms with Gasteiger partial charge in [-0.1, -0.05) is 48.4 Å². The van der Waals surface area contributed by atoms with Crippen LogP contribution in [0.15, 0.2) is 24.3 Å². The molecule has 2 rings (SSSR count). The van der Waals surface area contributed by atoms with Gasteiger partial charge in [-0.05, 0) is 24.1 Å². The van der Waals surface area contributed by atoms with Crippen molar-refractivity contribution in [2.75, 3.05) is 0 Å². The van der Waals surface area contributed by atoms with Gasteiger partial charge in [0, 0.05) is 0 Å². The van der Waals surface area contributed by atoms with Gasteiger partial charge in [0.15, 0.2) is 0 Å². The Morgan fingerprint density at radius 2 is 2.00 bits per heavy atom. The third-order valence-electron chi connectivity index (χ3n) is 2.42. The molecule has 0 aliphatic rings. The number of aromatic nitrogens is 1. The summed E-state index contributed by atoms with van der Waals surface area (Å²) in [5, 5.41) is 0.950. The van der Waals surface area contributed by atoms with Crippen LogP contribution < -0.4 is 4.74 Å². The fraction of sp³-hybridized carbons (Fsp3) is 0.308. The van der Waals surface area contributed by atoms with Crippen LogP contribution in [-0.4, -0.2) is 4.98 Å². The lowest BCUT2D eigenvalue weighted by molar-refractivity contribution is 0.478. The summed E-state index contributed by atoms with van der Waals surface area (Å²) in [5.74, 6) is 1.12. The molecule has 1 heterocycles. The van der Waals surface area contributed by atoms with E-state index in [2.05, 4.69) is 24.0 Å². The molecule has 96 valence electrons. The number of nitrogens with zero attached hydrogens (tertiary/aromatic N) is 1. The molecule has 0 unspecified atom stereocenters. The maximum atomic E-state index is 5.91. The second kappa shape index (κ2) is 6.41. The Labute approximate surface area is 121 Å². The van der Waals surface area contributed by atoms with Crippen molar-refractivity contribution in [1.82, 2.24) is 4.98 Å². The van der Waals surface area contributed by atoms with E-state index in [1.54, 1.807) is 0 Å². The molecule has 1 aromatic heterocycles. The van der Waals surface area contributed by atoms with Crippen LogP contribution in [0.25, 0.3) is 0 Å². The predicted molar refractivity (Wildman–Crippen MR) is 77.2 cm³/mol. The van der Waals surface area contributed by atoms with Crippen LogP contribution in [0.1, 0.15) is 23.8 Å². The Kier molecular flexibility index (Phi) is 4.87. The van der Waals surface area contributed by atoms with Gasteiger partial charge in [0.25, 0.3) is 5.19 Å². The van der Waals surface area contributed by atoms with E-state index in [0.717, 1.165) is 23.5 Å². The Bertz CT molecular complexity index is 510. The lowest BCUT2D eigenvalue weighted by atomic mass is 10.1. The molecule has 0 fully saturated rings. The molecule has 0 N–H and O–H groups in total. The number of hydrogen-bond donors (Lipinski definition) is 0. The van der Waals surface area contributed by atoms with Gasteiger partial charge in [-0.25, -0.2) is 0 Å². The van der Waals surface area contributed by atoms with E-state index in [-0.39, 0.29) is 0 Å². The smallest absolute Gasteiger partial charge is 0.280 e. The highest BCUT2D eigenvalue weighted by molar-refractivity contribution is 7.14. The first kappa shape index (κ1) is 13.7. The molecule has 0 atom stereocenters. The summed E-state index contributed by atoms with van der Waals surface area (Å²) in [6.45, 7) is 2.16. The first-order valence-corrected chi connectivity index (χ1v) is 7.43. The second-order valence-electron chi connectivity index (χ2n) is 3.82. The molecule has 18 heavy (non-hydrogen) atoms. The first-order chi connectivity index (χ1) is 8.72. The molecule has 1 aromatic carbocycles. The van der Waals surface area contributed by atoms with Gasteiger partial charge in [0.2, 0.25) is 0 Å². The van der Waals surface area contributed by atoms with Crippen LogP contribution in [0.3, 0.4) is 0 Å². The summed E-state index contributed by atoms with van der Waals surface area (Å²) in [6.07, 6.45) is 2.22. The lowest BCUT2D eigenvalue weighted by Crippen LogP contribution is -1.85. The van der Waals surface area contributed by atoms with Crippen molar-refractivity contribution in [3.05, 3.63) is 39.9 Å². The SMILES string of the molecule is CCCc1ccc(Oc2nc(Cl)c(CCl)s2)cc1. The third kappa shape index (κ3) is 3.37. The zero-order chi connectivity index (χ0) is 13.0. The summed E-state index contributed by atoms with van der Waals surface area (Å²) >= 11 is 13.0. The average Bonchev–Trinajstić information content (AvgIpc) is 2.72. The number of ether oxygens (including phenoxy) is 1. The fourth-order valence-corrected chi connectivity index (χ4v) is 2.89. The number of benzene rings is 1. The fourth-order valence-electron chi connectivity index (χ4n) is 1.55. The summed E-state index contributed by atoms with van der Waals surface area (Å²) in [7, 11) is 0. The molecule has 0 radical (unpaired) electrons. The normalized spacial score (nSPS) is 10.6. The highest BCUT2D eigenvalue weighted by Gasteiger charge is 2.09. The number of halogens is 2. The monoisotopic (exact) mass is 301 g/mol. The second-order valence-corrected chi connectivity index (χ2v) is 5.49. The molecule has 2 aromatic rings. The van der Waals surface area contributed by atoms with E-state index < -0.39 is 0 Å². The predicted octanol–water partition coefficient (Wildman–Crippen LogP) is 5.28. The van der Waals surface area contributed by atoms with E-state index in [1.165, 1.54) is 16.9 Å². The minimum absolute atomic E-state index is 0.356. The quantitative estimate of drug-likeness (QED) is 0.701. The molecule has 0 aliphatic heterocycles. The van der Waals surface area contributed by atoms with Crippen molar-refractivity contribution >= 4 is 34.5 Å². The molecule has 0 saturated carbocycles. The average molecular weight is 302 g/mol. The van der Waals surface area contributed by atoms with Crippen molar-refractivity contribution < 1.29 is 4.74 Å². The van der Waals surface area contributed by atoms with Crippen LogP contribution in [0.5, 0.6) is 10.9 Å². The number of aryl methyl sites for hydroxylation is 1. The minimum atomic E-state index is 0.356. The Morgan fingerprint density at radius 3 is 2.56 bits per heavy atom. The van der Waals surface area contributed by atoms with E-state index >= 15 is 0 Å². The van der Waals surface area contributed by atoms with Gasteiger partial charge in [0.05, 0.1) is 10.8 Å². The summed E-state index contributed by atoms with van der Waals surface area (Å²) in [4.78, 5) is 4.94. The topological polar surface area (TPSA) is 22.1 Å². The van der Waals surface area contributed by atoms with E-state index in [0.29, 0.717) is 16.2 Å². The molecule has 0 amide bonds. The number of thiazole rings is 1. The van der Waals surface area contributed by atoms with Gasteiger partial charge in [-0.2, -0.15) is 4.98 Å². The van der Waals surface area contributed by atoms with E-state index in [4.69, 9.17) is 27.9 Å². The van der Waals surface area contributed by atoms with Crippen molar-refractivity contribution in [3.63, 3.8) is 0 Å². The number of alkyl halides is 1. The largest absolute Gasteiger partial charge is 0.431 e. The molecule has 0 aliphatic carbocycles. The molecule has 2 nitrogen and oxygen atoms in total. The zero-order valence-electron chi connectivity index (χ0n) is 9.95. The van der Waals surface area contributed by atoms with E-state index in [1.807, 2.05) is 12.1 Å². The molecule has 5 heteroatoms. The Hall–Kier alpha value is -0.770. The van der Waals surface area contributed by atoms with Gasteiger partial charge in [0.1, 0.15) is 10.9 Å². The number of hydrogen-bond acceptors (Lipinski definition) is 3. The van der Waals surface area contributed by atoms with E-state index in [9.17, 15) is 0 Å². The standard InChI is InChI=1S/C13H13Cl2NOS/c1-2-3-9-4-6-10(7-5-9)17-13-16-12(15)11(8-14)18-13/h4-7H,2-3,8H2,1H3. The van der Waals surface area contributed by atoms with Crippen LogP contribution in [-0.2, 0) is 12.3 Å². The number of rotatable bonds is 5. The minimum Gasteiger partial charge on any atom is -0.431 e. The summed E-state index contributed by atoms with van der Waals surface area (Å²) in [5.41, 5.74) is 1.31. The van der Waals surface area contributed by atoms with Gasteiger partial charge < -0.3 is 4.74 Å². The zero-order valence-corrected chi connectivity index (χ0v) is 12.3. The summed E-state index contributed by atoms with van der Waals surface area (Å²) in [6, 6.07) is 8.02. The van der Waals surface area contributed by atoms with Gasteiger partial charge in [-0.3, -0.25) is 0 Å². The van der Waals surface area contributed by atoms with Crippen LogP contribution >= 0.6 is 34.5 Å². The van der Waals surface area contributed by atoms with Crippen molar-refractivity contribution in [3.8, 4) is 10.9 Å². The van der Waals surface area contributed by atoms with Crippen LogP contribution in [0.4, 0.5) is 0 Å². The van der Waals surface area contributed by atoms with Crippen LogP contribution in [0.2, 0.25) is 5.15 Å². The third-order valence-corrected chi connectivity index (χ3v) is 4.20. The highest BCUT2D eigenvalue weighted by atomic mass is 35.5. The van der Waals surface area contributed by atoms with Crippen LogP contribution in [0, 0.1) is 0 Å². The maximum Gasteiger partial charge on any atom is 0.280 e. The van der Waals surface area contributed by atoms with Gasteiger partial charge in [-0.15, -0.1) is 11.6 Å². The molecule has 0 saturated heterocycles. The molecular weight excluding hydrogens is 289 g/mol.